The number of halogens is 2. The Morgan fingerprint density at radius 2 is 1.92 bits per heavy atom. The van der Waals surface area contributed by atoms with Crippen molar-refractivity contribution in [2.45, 2.75) is 13.8 Å². The molecule has 0 aliphatic heterocycles. The SMILES string of the molecule is CC(=O)Nc1cc(NC(=O)COc2ccc(Cl)cc2Br)ccc1C. The van der Waals surface area contributed by atoms with Crippen LogP contribution in [0, 0.1) is 6.92 Å². The molecule has 2 aromatic rings. The fourth-order valence-corrected chi connectivity index (χ4v) is 2.75. The first-order valence-electron chi connectivity index (χ1n) is 7.11. The molecule has 24 heavy (non-hydrogen) atoms. The minimum absolute atomic E-state index is 0.149. The Kier molecular flexibility index (Phi) is 6.23. The van der Waals surface area contributed by atoms with Crippen molar-refractivity contribution in [2.75, 3.05) is 17.2 Å². The second-order valence-corrected chi connectivity index (χ2v) is 6.41. The van der Waals surface area contributed by atoms with Crippen LogP contribution in [0.5, 0.6) is 5.75 Å². The number of nitrogens with one attached hydrogen (secondary N) is 2. The standard InChI is InChI=1S/C17H16BrClN2O3/c1-10-3-5-13(8-15(10)20-11(2)22)21-17(23)9-24-16-6-4-12(19)7-14(16)18/h3-8H,9H2,1-2H3,(H,20,22)(H,21,23). The summed E-state index contributed by atoms with van der Waals surface area (Å²) in [6, 6.07) is 10.3. The highest BCUT2D eigenvalue weighted by Crippen LogP contribution is 2.28. The number of hydrogen-bond acceptors (Lipinski definition) is 3. The van der Waals surface area contributed by atoms with Crippen LogP contribution >= 0.6 is 27.5 Å². The minimum Gasteiger partial charge on any atom is -0.483 e. The maximum atomic E-state index is 12.0. The Morgan fingerprint density at radius 1 is 1.17 bits per heavy atom. The zero-order valence-electron chi connectivity index (χ0n) is 13.2. The highest BCUT2D eigenvalue weighted by molar-refractivity contribution is 9.10. The van der Waals surface area contributed by atoms with Gasteiger partial charge in [-0.25, -0.2) is 0 Å². The van der Waals surface area contributed by atoms with Crippen LogP contribution in [0.2, 0.25) is 5.02 Å². The van der Waals surface area contributed by atoms with E-state index >= 15 is 0 Å². The van der Waals surface area contributed by atoms with Gasteiger partial charge in [0, 0.05) is 23.3 Å². The summed E-state index contributed by atoms with van der Waals surface area (Å²) < 4.78 is 6.13. The Bertz CT molecular complexity index is 780. The molecule has 7 heteroatoms. The lowest BCUT2D eigenvalue weighted by Crippen LogP contribution is -2.20. The summed E-state index contributed by atoms with van der Waals surface area (Å²) in [6.45, 7) is 3.16. The zero-order chi connectivity index (χ0) is 17.7. The van der Waals surface area contributed by atoms with Gasteiger partial charge in [-0.15, -0.1) is 0 Å². The molecule has 0 atom stereocenters. The number of hydrogen-bond donors (Lipinski definition) is 2. The molecule has 2 amide bonds. The molecule has 0 aliphatic carbocycles. The normalized spacial score (nSPS) is 10.2. The van der Waals surface area contributed by atoms with Gasteiger partial charge in [0.05, 0.1) is 4.47 Å². The predicted octanol–water partition coefficient (Wildman–Crippen LogP) is 4.39. The predicted molar refractivity (Wildman–Crippen MR) is 98.8 cm³/mol. The molecule has 0 aromatic heterocycles. The van der Waals surface area contributed by atoms with Crippen LogP contribution in [0.25, 0.3) is 0 Å². The second-order valence-electron chi connectivity index (χ2n) is 5.12. The lowest BCUT2D eigenvalue weighted by molar-refractivity contribution is -0.118. The first-order valence-corrected chi connectivity index (χ1v) is 8.28. The van der Waals surface area contributed by atoms with Crippen LogP contribution in [-0.4, -0.2) is 18.4 Å². The van der Waals surface area contributed by atoms with Gasteiger partial charge in [-0.1, -0.05) is 17.7 Å². The number of amides is 2. The average molecular weight is 412 g/mol. The van der Waals surface area contributed by atoms with Gasteiger partial charge >= 0.3 is 0 Å². The number of ether oxygens (including phenoxy) is 1. The number of anilines is 2. The van der Waals surface area contributed by atoms with E-state index in [9.17, 15) is 9.59 Å². The Morgan fingerprint density at radius 3 is 2.58 bits per heavy atom. The Labute approximate surface area is 153 Å². The molecule has 0 bridgehead atoms. The van der Waals surface area contributed by atoms with Crippen LogP contribution < -0.4 is 15.4 Å². The van der Waals surface area contributed by atoms with Gasteiger partial charge < -0.3 is 15.4 Å². The maximum Gasteiger partial charge on any atom is 0.262 e. The summed E-state index contributed by atoms with van der Waals surface area (Å²) in [7, 11) is 0. The minimum atomic E-state index is -0.311. The van der Waals surface area contributed by atoms with Gasteiger partial charge in [0.15, 0.2) is 6.61 Å². The largest absolute Gasteiger partial charge is 0.483 e. The number of aryl methyl sites for hydroxylation is 1. The van der Waals surface area contributed by atoms with Gasteiger partial charge in [-0.05, 0) is 58.7 Å². The molecular weight excluding hydrogens is 396 g/mol. The van der Waals surface area contributed by atoms with Crippen molar-refractivity contribution in [1.82, 2.24) is 0 Å². The third-order valence-electron chi connectivity index (χ3n) is 3.08. The summed E-state index contributed by atoms with van der Waals surface area (Å²) in [5.41, 5.74) is 2.14. The molecule has 0 saturated carbocycles. The van der Waals surface area contributed by atoms with E-state index in [0.29, 0.717) is 26.6 Å². The molecule has 2 N–H and O–H groups in total. The fraction of sp³-hybridized carbons (Fsp3) is 0.176. The van der Waals surface area contributed by atoms with Crippen molar-refractivity contribution < 1.29 is 14.3 Å². The van der Waals surface area contributed by atoms with E-state index < -0.39 is 0 Å². The van der Waals surface area contributed by atoms with E-state index in [2.05, 4.69) is 26.6 Å². The van der Waals surface area contributed by atoms with E-state index in [1.807, 2.05) is 13.0 Å². The van der Waals surface area contributed by atoms with Crippen LogP contribution in [0.1, 0.15) is 12.5 Å². The molecule has 0 saturated heterocycles. The Balaban J connectivity index is 1.98. The smallest absolute Gasteiger partial charge is 0.262 e. The molecular formula is C17H16BrClN2O3. The van der Waals surface area contributed by atoms with E-state index in [0.717, 1.165) is 5.56 Å². The average Bonchev–Trinajstić information content (AvgIpc) is 2.49. The van der Waals surface area contributed by atoms with Gasteiger partial charge in [0.1, 0.15) is 5.75 Å². The van der Waals surface area contributed by atoms with Gasteiger partial charge in [0.25, 0.3) is 5.91 Å². The molecule has 0 heterocycles. The van der Waals surface area contributed by atoms with Gasteiger partial charge in [0.2, 0.25) is 5.91 Å². The summed E-state index contributed by atoms with van der Waals surface area (Å²) >= 11 is 9.18. The first-order chi connectivity index (χ1) is 11.3. The molecule has 0 spiro atoms. The highest BCUT2D eigenvalue weighted by atomic mass is 79.9. The van der Waals surface area contributed by atoms with Gasteiger partial charge in [-0.3, -0.25) is 9.59 Å². The highest BCUT2D eigenvalue weighted by Gasteiger charge is 2.08. The van der Waals surface area contributed by atoms with E-state index in [-0.39, 0.29) is 18.4 Å². The van der Waals surface area contributed by atoms with Crippen molar-refractivity contribution in [3.63, 3.8) is 0 Å². The molecule has 2 aromatic carbocycles. The van der Waals surface area contributed by atoms with Crippen LogP contribution in [0.4, 0.5) is 11.4 Å². The molecule has 0 fully saturated rings. The van der Waals surface area contributed by atoms with Gasteiger partial charge in [-0.2, -0.15) is 0 Å². The number of benzene rings is 2. The Hall–Kier alpha value is -2.05. The van der Waals surface area contributed by atoms with E-state index in [1.54, 1.807) is 30.3 Å². The second kappa shape index (κ2) is 8.17. The summed E-state index contributed by atoms with van der Waals surface area (Å²) in [4.78, 5) is 23.2. The van der Waals surface area contributed by atoms with Crippen LogP contribution in [-0.2, 0) is 9.59 Å². The molecule has 126 valence electrons. The molecule has 0 unspecified atom stereocenters. The van der Waals surface area contributed by atoms with E-state index in [4.69, 9.17) is 16.3 Å². The number of rotatable bonds is 5. The number of carbonyl (C=O) groups is 2. The van der Waals surface area contributed by atoms with Crippen molar-refractivity contribution in [3.8, 4) is 5.75 Å². The third kappa shape index (κ3) is 5.25. The van der Waals surface area contributed by atoms with Crippen LogP contribution in [0.15, 0.2) is 40.9 Å². The molecule has 2 rings (SSSR count). The monoisotopic (exact) mass is 410 g/mol. The lowest BCUT2D eigenvalue weighted by atomic mass is 10.1. The quantitative estimate of drug-likeness (QED) is 0.767. The van der Waals surface area contributed by atoms with Crippen LogP contribution in [0.3, 0.4) is 0 Å². The van der Waals surface area contributed by atoms with Crippen molar-refractivity contribution in [3.05, 3.63) is 51.5 Å². The summed E-state index contributed by atoms with van der Waals surface area (Å²) in [5, 5.41) is 6.02. The number of carbonyl (C=O) groups excluding carboxylic acids is 2. The van der Waals surface area contributed by atoms with E-state index in [1.165, 1.54) is 6.92 Å². The first kappa shape index (κ1) is 18.3. The molecule has 0 radical (unpaired) electrons. The zero-order valence-corrected chi connectivity index (χ0v) is 15.5. The summed E-state index contributed by atoms with van der Waals surface area (Å²) in [5.74, 6) is 0.0457. The lowest BCUT2D eigenvalue weighted by Gasteiger charge is -2.11. The topological polar surface area (TPSA) is 67.4 Å². The fourth-order valence-electron chi connectivity index (χ4n) is 1.96. The summed E-state index contributed by atoms with van der Waals surface area (Å²) in [6.07, 6.45) is 0. The molecule has 0 aliphatic rings. The van der Waals surface area contributed by atoms with Crippen molar-refractivity contribution in [1.29, 1.82) is 0 Å². The van der Waals surface area contributed by atoms with Crippen molar-refractivity contribution in [2.24, 2.45) is 0 Å². The van der Waals surface area contributed by atoms with Crippen molar-refractivity contribution >= 4 is 50.7 Å². The molecule has 5 nitrogen and oxygen atoms in total. The third-order valence-corrected chi connectivity index (χ3v) is 3.94. The maximum absolute atomic E-state index is 12.0.